The Morgan fingerprint density at radius 3 is 2.68 bits per heavy atom. The number of aromatic nitrogens is 2. The maximum atomic E-state index is 12.3. The number of benzene rings is 1. The third-order valence-electron chi connectivity index (χ3n) is 4.80. The van der Waals surface area contributed by atoms with E-state index in [1.54, 1.807) is 0 Å². The van der Waals surface area contributed by atoms with Crippen molar-refractivity contribution in [3.63, 3.8) is 0 Å². The molecule has 1 saturated heterocycles. The number of carbonyl (C=O) groups is 1. The first-order valence-corrected chi connectivity index (χ1v) is 8.09. The number of hydrogen-bond acceptors (Lipinski definition) is 2. The number of nitrogens with one attached hydrogen (secondary N) is 1. The highest BCUT2D eigenvalue weighted by atomic mass is 16.2. The molecule has 0 bridgehead atoms. The average molecular weight is 301 g/mol. The van der Waals surface area contributed by atoms with E-state index in [2.05, 4.69) is 4.98 Å². The SMILES string of the molecule is CC[C@@H](C)C(=O)N1CCC(n2c(=O)[nH]c3ccccc32)CC1. The van der Waals surface area contributed by atoms with Crippen LogP contribution in [0.5, 0.6) is 0 Å². The van der Waals surface area contributed by atoms with Crippen molar-refractivity contribution in [3.8, 4) is 0 Å². The number of carbonyl (C=O) groups excluding carboxylic acids is 1. The molecule has 1 aromatic heterocycles. The van der Waals surface area contributed by atoms with Crippen LogP contribution in [0.15, 0.2) is 29.1 Å². The Balaban J connectivity index is 1.77. The molecule has 0 unspecified atom stereocenters. The minimum atomic E-state index is -0.0482. The Morgan fingerprint density at radius 1 is 1.32 bits per heavy atom. The van der Waals surface area contributed by atoms with E-state index in [4.69, 9.17) is 0 Å². The van der Waals surface area contributed by atoms with Crippen molar-refractivity contribution in [1.29, 1.82) is 0 Å². The number of piperidine rings is 1. The van der Waals surface area contributed by atoms with E-state index in [0.717, 1.165) is 43.4 Å². The van der Waals surface area contributed by atoms with E-state index in [9.17, 15) is 9.59 Å². The van der Waals surface area contributed by atoms with Crippen molar-refractivity contribution in [2.75, 3.05) is 13.1 Å². The summed E-state index contributed by atoms with van der Waals surface area (Å²) in [7, 11) is 0. The van der Waals surface area contributed by atoms with Crippen LogP contribution in [-0.4, -0.2) is 33.4 Å². The maximum Gasteiger partial charge on any atom is 0.326 e. The number of para-hydroxylation sites is 2. The van der Waals surface area contributed by atoms with Gasteiger partial charge in [-0.25, -0.2) is 4.79 Å². The average Bonchev–Trinajstić information content (AvgIpc) is 2.89. The van der Waals surface area contributed by atoms with Crippen molar-refractivity contribution >= 4 is 16.9 Å². The number of amides is 1. The zero-order valence-electron chi connectivity index (χ0n) is 13.2. The summed E-state index contributed by atoms with van der Waals surface area (Å²) in [6.07, 6.45) is 2.55. The molecule has 1 aliphatic heterocycles. The molecule has 1 N–H and O–H groups in total. The fourth-order valence-corrected chi connectivity index (χ4v) is 3.27. The monoisotopic (exact) mass is 301 g/mol. The first kappa shape index (κ1) is 14.9. The molecule has 22 heavy (non-hydrogen) atoms. The van der Waals surface area contributed by atoms with Gasteiger partial charge in [-0.2, -0.15) is 0 Å². The van der Waals surface area contributed by atoms with Crippen molar-refractivity contribution in [2.45, 2.75) is 39.2 Å². The van der Waals surface area contributed by atoms with Crippen molar-refractivity contribution in [3.05, 3.63) is 34.7 Å². The molecule has 1 amide bonds. The minimum absolute atomic E-state index is 0.0482. The quantitative estimate of drug-likeness (QED) is 0.947. The van der Waals surface area contributed by atoms with Crippen LogP contribution < -0.4 is 5.69 Å². The number of likely N-dealkylation sites (tertiary alicyclic amines) is 1. The molecular formula is C17H23N3O2. The van der Waals surface area contributed by atoms with Crippen LogP contribution in [0.2, 0.25) is 0 Å². The van der Waals surface area contributed by atoms with Gasteiger partial charge in [-0.1, -0.05) is 26.0 Å². The number of fused-ring (bicyclic) bond motifs is 1. The summed E-state index contributed by atoms with van der Waals surface area (Å²) in [5.74, 6) is 0.333. The zero-order chi connectivity index (χ0) is 15.7. The van der Waals surface area contributed by atoms with E-state index in [1.807, 2.05) is 47.6 Å². The molecular weight excluding hydrogens is 278 g/mol. The van der Waals surface area contributed by atoms with Gasteiger partial charge in [0.15, 0.2) is 0 Å². The molecule has 1 aliphatic rings. The van der Waals surface area contributed by atoms with Gasteiger partial charge < -0.3 is 9.88 Å². The van der Waals surface area contributed by atoms with Crippen LogP contribution in [-0.2, 0) is 4.79 Å². The number of aromatic amines is 1. The van der Waals surface area contributed by atoms with E-state index >= 15 is 0 Å². The maximum absolute atomic E-state index is 12.3. The van der Waals surface area contributed by atoms with Gasteiger partial charge in [0.2, 0.25) is 5.91 Å². The summed E-state index contributed by atoms with van der Waals surface area (Å²) in [6.45, 7) is 5.50. The van der Waals surface area contributed by atoms with E-state index < -0.39 is 0 Å². The second-order valence-corrected chi connectivity index (χ2v) is 6.18. The summed E-state index contributed by atoms with van der Waals surface area (Å²) in [5, 5.41) is 0. The van der Waals surface area contributed by atoms with E-state index in [1.165, 1.54) is 0 Å². The smallest absolute Gasteiger partial charge is 0.326 e. The van der Waals surface area contributed by atoms with Crippen molar-refractivity contribution < 1.29 is 4.79 Å². The van der Waals surface area contributed by atoms with E-state index in [-0.39, 0.29) is 23.6 Å². The fourth-order valence-electron chi connectivity index (χ4n) is 3.27. The zero-order valence-corrected chi connectivity index (χ0v) is 13.2. The highest BCUT2D eigenvalue weighted by Crippen LogP contribution is 2.25. The van der Waals surface area contributed by atoms with Crippen LogP contribution in [0.4, 0.5) is 0 Å². The van der Waals surface area contributed by atoms with Crippen LogP contribution in [0.25, 0.3) is 11.0 Å². The summed E-state index contributed by atoms with van der Waals surface area (Å²) < 4.78 is 1.86. The number of rotatable bonds is 3. The number of nitrogens with zero attached hydrogens (tertiary/aromatic N) is 2. The van der Waals surface area contributed by atoms with Gasteiger partial charge in [-0.3, -0.25) is 9.36 Å². The van der Waals surface area contributed by atoms with Gasteiger partial charge in [0.25, 0.3) is 0 Å². The van der Waals surface area contributed by atoms with Gasteiger partial charge in [-0.05, 0) is 31.4 Å². The van der Waals surface area contributed by atoms with Crippen molar-refractivity contribution in [1.82, 2.24) is 14.5 Å². The van der Waals surface area contributed by atoms with Gasteiger partial charge in [0.05, 0.1) is 11.0 Å². The first-order chi connectivity index (χ1) is 10.6. The third-order valence-corrected chi connectivity index (χ3v) is 4.80. The predicted molar refractivity (Wildman–Crippen MR) is 86.9 cm³/mol. The predicted octanol–water partition coefficient (Wildman–Crippen LogP) is 2.54. The van der Waals surface area contributed by atoms with Gasteiger partial charge in [0.1, 0.15) is 0 Å². The lowest BCUT2D eigenvalue weighted by atomic mass is 10.0. The molecule has 5 heteroatoms. The second-order valence-electron chi connectivity index (χ2n) is 6.18. The van der Waals surface area contributed by atoms with Crippen LogP contribution >= 0.6 is 0 Å². The molecule has 0 aliphatic carbocycles. The standard InChI is InChI=1S/C17H23N3O2/c1-3-12(2)16(21)19-10-8-13(9-11-19)20-15-7-5-4-6-14(15)18-17(20)22/h4-7,12-13H,3,8-11H2,1-2H3,(H,18,22)/t12-/m1/s1. The Morgan fingerprint density at radius 2 is 2.00 bits per heavy atom. The fraction of sp³-hybridized carbons (Fsp3) is 0.529. The lowest BCUT2D eigenvalue weighted by molar-refractivity contribution is -0.136. The molecule has 2 aromatic rings. The Labute approximate surface area is 129 Å². The van der Waals surface area contributed by atoms with Gasteiger partial charge in [0, 0.05) is 25.0 Å². The second kappa shape index (κ2) is 5.99. The molecule has 3 rings (SSSR count). The highest BCUT2D eigenvalue weighted by molar-refractivity contribution is 5.78. The van der Waals surface area contributed by atoms with Crippen LogP contribution in [0.3, 0.4) is 0 Å². The molecule has 0 spiro atoms. The molecule has 1 fully saturated rings. The summed E-state index contributed by atoms with van der Waals surface area (Å²) in [6, 6.07) is 7.95. The molecule has 2 heterocycles. The van der Waals surface area contributed by atoms with Crippen LogP contribution in [0, 0.1) is 5.92 Å². The molecule has 5 nitrogen and oxygen atoms in total. The summed E-state index contributed by atoms with van der Waals surface area (Å²) in [4.78, 5) is 29.3. The normalized spacial score (nSPS) is 17.8. The molecule has 118 valence electrons. The number of imidazole rings is 1. The van der Waals surface area contributed by atoms with E-state index in [0.29, 0.717) is 0 Å². The highest BCUT2D eigenvalue weighted by Gasteiger charge is 2.27. The lowest BCUT2D eigenvalue weighted by Crippen LogP contribution is -2.42. The lowest BCUT2D eigenvalue weighted by Gasteiger charge is -2.34. The summed E-state index contributed by atoms with van der Waals surface area (Å²) >= 11 is 0. The minimum Gasteiger partial charge on any atom is -0.342 e. The van der Waals surface area contributed by atoms with Gasteiger partial charge >= 0.3 is 5.69 Å². The molecule has 0 radical (unpaired) electrons. The topological polar surface area (TPSA) is 58.1 Å². The first-order valence-electron chi connectivity index (χ1n) is 8.09. The largest absolute Gasteiger partial charge is 0.342 e. The molecule has 0 saturated carbocycles. The third kappa shape index (κ3) is 2.56. The van der Waals surface area contributed by atoms with Gasteiger partial charge in [-0.15, -0.1) is 0 Å². The molecule has 1 aromatic carbocycles. The Hall–Kier alpha value is -2.04. The number of H-pyrrole nitrogens is 1. The van der Waals surface area contributed by atoms with Crippen molar-refractivity contribution in [2.24, 2.45) is 5.92 Å². The summed E-state index contributed by atoms with van der Waals surface area (Å²) in [5.41, 5.74) is 1.79. The Kier molecular flexibility index (Phi) is 4.05. The number of hydrogen-bond donors (Lipinski definition) is 1. The van der Waals surface area contributed by atoms with Crippen LogP contribution in [0.1, 0.15) is 39.2 Å². The Bertz CT molecular complexity index is 723. The molecule has 1 atom stereocenters.